The molecule has 1 aliphatic rings. The zero-order valence-corrected chi connectivity index (χ0v) is 19.4. The maximum atomic E-state index is 14.1. The molecule has 1 N–H and O–H groups in total. The molecular weight excluding hydrogens is 437 g/mol. The van der Waals surface area contributed by atoms with Crippen LogP contribution in [0.5, 0.6) is 0 Å². The number of nitriles is 1. The normalized spacial score (nSPS) is 21.8. The molecule has 5 rings (SSSR count). The molecule has 0 unspecified atom stereocenters. The fourth-order valence-electron chi connectivity index (χ4n) is 5.37. The molecule has 1 fully saturated rings. The summed E-state index contributed by atoms with van der Waals surface area (Å²) in [6.45, 7) is 0. The summed E-state index contributed by atoms with van der Waals surface area (Å²) in [5, 5.41) is 14.4. The predicted molar refractivity (Wildman–Crippen MR) is 134 cm³/mol. The van der Waals surface area contributed by atoms with Gasteiger partial charge >= 0.3 is 0 Å². The smallest absolute Gasteiger partial charge is 0.251 e. The number of benzene rings is 3. The second-order valence-electron chi connectivity index (χ2n) is 9.48. The quantitative estimate of drug-likeness (QED) is 0.388. The summed E-state index contributed by atoms with van der Waals surface area (Å²) in [5.74, 6) is -0.452. The molecule has 0 saturated heterocycles. The van der Waals surface area contributed by atoms with Gasteiger partial charge in [-0.2, -0.15) is 5.26 Å². The van der Waals surface area contributed by atoms with Gasteiger partial charge in [-0.15, -0.1) is 0 Å². The van der Waals surface area contributed by atoms with Gasteiger partial charge in [0.1, 0.15) is 5.82 Å². The summed E-state index contributed by atoms with van der Waals surface area (Å²) in [5.41, 5.74) is 1.99. The Morgan fingerprint density at radius 1 is 0.943 bits per heavy atom. The van der Waals surface area contributed by atoms with Gasteiger partial charge in [0, 0.05) is 22.7 Å². The van der Waals surface area contributed by atoms with Crippen LogP contribution in [0.2, 0.25) is 0 Å². The second kappa shape index (κ2) is 9.31. The first kappa shape index (κ1) is 22.7. The first-order valence-electron chi connectivity index (χ1n) is 11.9. The third-order valence-corrected chi connectivity index (χ3v) is 7.29. The number of hydrogen-bond donors (Lipinski definition) is 1. The highest BCUT2D eigenvalue weighted by Crippen LogP contribution is 2.46. The Kier molecular flexibility index (Phi) is 6.05. The zero-order valence-electron chi connectivity index (χ0n) is 19.4. The van der Waals surface area contributed by atoms with Crippen molar-refractivity contribution in [1.29, 1.82) is 5.26 Å². The average molecular weight is 464 g/mol. The van der Waals surface area contributed by atoms with E-state index in [2.05, 4.69) is 28.5 Å². The summed E-state index contributed by atoms with van der Waals surface area (Å²) in [6.07, 6.45) is 4.75. The molecule has 5 heteroatoms. The number of aromatic nitrogens is 1. The number of halogens is 1. The van der Waals surface area contributed by atoms with Crippen molar-refractivity contribution in [3.63, 3.8) is 0 Å². The largest absolute Gasteiger partial charge is 0.346 e. The Hall–Kier alpha value is -4.04. The van der Waals surface area contributed by atoms with Crippen molar-refractivity contribution in [1.82, 2.24) is 10.3 Å². The van der Waals surface area contributed by atoms with Crippen molar-refractivity contribution in [3.8, 4) is 6.07 Å². The van der Waals surface area contributed by atoms with E-state index in [1.165, 1.54) is 12.1 Å². The second-order valence-corrected chi connectivity index (χ2v) is 9.48. The van der Waals surface area contributed by atoms with Crippen LogP contribution in [-0.2, 0) is 11.8 Å². The topological polar surface area (TPSA) is 65.8 Å². The molecule has 0 spiro atoms. The Bertz CT molecular complexity index is 1390. The van der Waals surface area contributed by atoms with E-state index in [1.807, 2.05) is 54.6 Å². The maximum absolute atomic E-state index is 14.1. The number of pyridine rings is 1. The van der Waals surface area contributed by atoms with E-state index in [4.69, 9.17) is 0 Å². The predicted octanol–water partition coefficient (Wildman–Crippen LogP) is 6.12. The van der Waals surface area contributed by atoms with Gasteiger partial charge in [0.15, 0.2) is 0 Å². The summed E-state index contributed by atoms with van der Waals surface area (Å²) < 4.78 is 14.1. The monoisotopic (exact) mass is 463 g/mol. The Balaban J connectivity index is 1.49. The zero-order chi connectivity index (χ0) is 24.3. The minimum absolute atomic E-state index is 0.109. The van der Waals surface area contributed by atoms with Crippen molar-refractivity contribution in [3.05, 3.63) is 114 Å². The van der Waals surface area contributed by atoms with Gasteiger partial charge in [-0.25, -0.2) is 4.39 Å². The van der Waals surface area contributed by atoms with Crippen molar-refractivity contribution < 1.29 is 9.18 Å². The number of fused-ring (bicyclic) bond motifs is 1. The van der Waals surface area contributed by atoms with Gasteiger partial charge in [-0.3, -0.25) is 9.78 Å². The van der Waals surface area contributed by atoms with Crippen LogP contribution < -0.4 is 5.32 Å². The summed E-state index contributed by atoms with van der Waals surface area (Å²) in [7, 11) is 0. The van der Waals surface area contributed by atoms with Crippen molar-refractivity contribution >= 4 is 16.8 Å². The molecule has 3 aromatic carbocycles. The molecule has 1 aliphatic carbocycles. The van der Waals surface area contributed by atoms with Gasteiger partial charge in [0.2, 0.25) is 0 Å². The lowest BCUT2D eigenvalue weighted by Gasteiger charge is -2.44. The van der Waals surface area contributed by atoms with E-state index in [0.29, 0.717) is 48.6 Å². The number of amides is 1. The van der Waals surface area contributed by atoms with Gasteiger partial charge in [0.25, 0.3) is 5.91 Å². The first-order chi connectivity index (χ1) is 17.0. The Morgan fingerprint density at radius 2 is 1.63 bits per heavy atom. The molecule has 4 aromatic rings. The third-order valence-electron chi connectivity index (χ3n) is 7.29. The van der Waals surface area contributed by atoms with E-state index in [-0.39, 0.29) is 11.7 Å². The Morgan fingerprint density at radius 3 is 2.31 bits per heavy atom. The van der Waals surface area contributed by atoms with Crippen molar-refractivity contribution in [2.24, 2.45) is 0 Å². The van der Waals surface area contributed by atoms with Gasteiger partial charge in [0.05, 0.1) is 17.0 Å². The van der Waals surface area contributed by atoms with Crippen molar-refractivity contribution in [2.45, 2.75) is 43.1 Å². The molecule has 1 amide bonds. The number of rotatable bonds is 5. The van der Waals surface area contributed by atoms with Crippen LogP contribution in [-0.4, -0.2) is 16.4 Å². The van der Waals surface area contributed by atoms with Gasteiger partial charge in [-0.05, 0) is 79.6 Å². The van der Waals surface area contributed by atoms with Crippen molar-refractivity contribution in [2.75, 3.05) is 0 Å². The Labute approximate surface area is 204 Å². The van der Waals surface area contributed by atoms with E-state index in [1.54, 1.807) is 12.3 Å². The fourth-order valence-corrected chi connectivity index (χ4v) is 5.37. The fraction of sp³-hybridized carbons (Fsp3) is 0.233. The van der Waals surface area contributed by atoms with Crippen LogP contribution in [0.1, 0.15) is 47.2 Å². The molecule has 1 saturated carbocycles. The molecule has 4 nitrogen and oxygen atoms in total. The van der Waals surface area contributed by atoms with E-state index < -0.39 is 11.0 Å². The SMILES string of the molecule is N#CC1(c2ccnc3ccc(F)cc23)CCC(Cc2ccccc2)(NC(=O)c2ccccc2)CC1. The maximum Gasteiger partial charge on any atom is 0.251 e. The minimum atomic E-state index is -0.771. The van der Waals surface area contributed by atoms with Gasteiger partial charge in [-0.1, -0.05) is 48.5 Å². The summed E-state index contributed by atoms with van der Waals surface area (Å²) in [4.78, 5) is 17.6. The number of nitrogens with one attached hydrogen (secondary N) is 1. The highest BCUT2D eigenvalue weighted by Gasteiger charge is 2.45. The summed E-state index contributed by atoms with van der Waals surface area (Å²) >= 11 is 0. The molecule has 1 aromatic heterocycles. The third kappa shape index (κ3) is 4.52. The lowest BCUT2D eigenvalue weighted by molar-refractivity contribution is 0.0849. The number of hydrogen-bond acceptors (Lipinski definition) is 3. The first-order valence-corrected chi connectivity index (χ1v) is 11.9. The molecule has 0 radical (unpaired) electrons. The summed E-state index contributed by atoms with van der Waals surface area (Å²) in [6, 6.07) is 28.3. The van der Waals surface area contributed by atoms with Crippen LogP contribution >= 0.6 is 0 Å². The minimum Gasteiger partial charge on any atom is -0.346 e. The number of carbonyl (C=O) groups excluding carboxylic acids is 1. The lowest BCUT2D eigenvalue weighted by Crippen LogP contribution is -2.54. The molecule has 35 heavy (non-hydrogen) atoms. The van der Waals surface area contributed by atoms with Crippen LogP contribution in [0.25, 0.3) is 10.9 Å². The molecule has 174 valence electrons. The molecule has 0 atom stereocenters. The molecular formula is C30H26FN3O. The van der Waals surface area contributed by atoms with Crippen LogP contribution in [0.4, 0.5) is 4.39 Å². The highest BCUT2D eigenvalue weighted by molar-refractivity contribution is 5.94. The van der Waals surface area contributed by atoms with E-state index in [0.717, 1.165) is 11.1 Å². The number of carbonyl (C=O) groups is 1. The number of nitrogens with zero attached hydrogens (tertiary/aromatic N) is 2. The van der Waals surface area contributed by atoms with Crippen LogP contribution in [0.15, 0.2) is 91.1 Å². The molecule has 1 heterocycles. The molecule has 0 aliphatic heterocycles. The molecule has 0 bridgehead atoms. The van der Waals surface area contributed by atoms with E-state index >= 15 is 0 Å². The standard InChI is InChI=1S/C30H26FN3O/c31-24-11-12-27-25(19-24)26(13-18-33-27)29(21-32)14-16-30(17-15-29,20-22-7-3-1-4-8-22)34-28(35)23-9-5-2-6-10-23/h1-13,18-19H,14-17,20H2,(H,34,35). The van der Waals surface area contributed by atoms with Gasteiger partial charge < -0.3 is 5.32 Å². The van der Waals surface area contributed by atoms with E-state index in [9.17, 15) is 14.4 Å². The van der Waals surface area contributed by atoms with Crippen LogP contribution in [0, 0.1) is 17.1 Å². The highest BCUT2D eigenvalue weighted by atomic mass is 19.1. The lowest BCUT2D eigenvalue weighted by atomic mass is 9.63. The van der Waals surface area contributed by atoms with Crippen LogP contribution in [0.3, 0.4) is 0 Å². The average Bonchev–Trinajstić information content (AvgIpc) is 2.90.